The molecule has 3 atom stereocenters. The number of hydrogen-bond donors (Lipinski definition) is 0. The molecule has 0 aliphatic carbocycles. The van der Waals surface area contributed by atoms with Crippen LogP contribution in [0.2, 0.25) is 0 Å². The van der Waals surface area contributed by atoms with Gasteiger partial charge in [0, 0.05) is 37.9 Å². The van der Waals surface area contributed by atoms with Crippen LogP contribution in [0.25, 0.3) is 0 Å². The third-order valence-electron chi connectivity index (χ3n) is 7.35. The number of carbonyl (C=O) groups is 1. The zero-order valence-electron chi connectivity index (χ0n) is 21.2. The maximum absolute atomic E-state index is 15.8. The van der Waals surface area contributed by atoms with Crippen LogP contribution >= 0.6 is 0 Å². The normalized spacial score (nSPS) is 21.6. The van der Waals surface area contributed by atoms with Crippen LogP contribution in [0.4, 0.5) is 40.8 Å². The summed E-state index contributed by atoms with van der Waals surface area (Å²) in [5.41, 5.74) is -5.63. The smallest absolute Gasteiger partial charge is 0.316 e. The molecule has 0 unspecified atom stereocenters. The highest BCUT2D eigenvalue weighted by Gasteiger charge is 2.57. The van der Waals surface area contributed by atoms with Gasteiger partial charge in [-0.15, -0.1) is 10.2 Å². The molecular weight excluding hydrogens is 550 g/mol. The summed E-state index contributed by atoms with van der Waals surface area (Å²) in [6.45, 7) is -0.714. The average molecular weight is 573 g/mol. The van der Waals surface area contributed by atoms with Crippen LogP contribution in [0, 0.1) is 0 Å². The molecule has 0 saturated carbocycles. The molecule has 6 nitrogen and oxygen atoms in total. The molecule has 2 aromatic carbocycles. The van der Waals surface area contributed by atoms with Crippen molar-refractivity contribution in [3.05, 3.63) is 76.4 Å². The number of benzene rings is 2. The Morgan fingerprint density at radius 2 is 1.68 bits per heavy atom. The maximum Gasteiger partial charge on any atom is 0.416 e. The highest BCUT2D eigenvalue weighted by molar-refractivity contribution is 6.10. The summed E-state index contributed by atoms with van der Waals surface area (Å²) >= 11 is 0. The Morgan fingerprint density at radius 3 is 2.27 bits per heavy atom. The summed E-state index contributed by atoms with van der Waals surface area (Å²) in [4.78, 5) is 15.6. The zero-order valence-corrected chi connectivity index (χ0v) is 21.2. The van der Waals surface area contributed by atoms with Gasteiger partial charge < -0.3 is 9.47 Å². The largest absolute Gasteiger partial charge is 0.416 e. The molecule has 14 heteroatoms. The summed E-state index contributed by atoms with van der Waals surface area (Å²) < 4.78 is 116. The standard InChI is InChI=1S/C26H23F8N5O/c1-24(29,25(30,31)23-36-35-13-37(23)2)15-4-3-5-16(8-15)39-10-18-17(22(39)40)6-14(7-19(18)26(32,33)34)9-38-11-20(27)21(28)12-38/h3-8,13,20-21H,9-12H2,1-2H3/t20-,21+,24-/m1/s1. The number of fused-ring (bicyclic) bond motifs is 1. The Kier molecular flexibility index (Phi) is 6.67. The van der Waals surface area contributed by atoms with Crippen molar-refractivity contribution in [2.45, 2.75) is 50.1 Å². The number of aromatic nitrogens is 3. The Morgan fingerprint density at radius 1 is 1.00 bits per heavy atom. The molecule has 3 heterocycles. The van der Waals surface area contributed by atoms with Crippen molar-refractivity contribution >= 4 is 11.6 Å². The number of hydrogen-bond acceptors (Lipinski definition) is 4. The van der Waals surface area contributed by atoms with E-state index in [2.05, 4.69) is 10.2 Å². The summed E-state index contributed by atoms with van der Waals surface area (Å²) in [6.07, 6.45) is -7.39. The highest BCUT2D eigenvalue weighted by atomic mass is 19.4. The van der Waals surface area contributed by atoms with Gasteiger partial charge in [-0.3, -0.25) is 9.69 Å². The van der Waals surface area contributed by atoms with E-state index in [0.717, 1.165) is 34.0 Å². The number of alkyl halides is 8. The van der Waals surface area contributed by atoms with Crippen LogP contribution in [-0.4, -0.2) is 51.0 Å². The number of likely N-dealkylation sites (tertiary alicyclic amines) is 1. The predicted molar refractivity (Wildman–Crippen MR) is 127 cm³/mol. The van der Waals surface area contributed by atoms with Gasteiger partial charge in [0.2, 0.25) is 11.5 Å². The first-order valence-corrected chi connectivity index (χ1v) is 12.2. The third-order valence-corrected chi connectivity index (χ3v) is 7.35. The first kappa shape index (κ1) is 28.0. The van der Waals surface area contributed by atoms with Crippen molar-refractivity contribution in [3.8, 4) is 0 Å². The van der Waals surface area contributed by atoms with Gasteiger partial charge in [0.05, 0.1) is 12.1 Å². The van der Waals surface area contributed by atoms with E-state index in [4.69, 9.17) is 0 Å². The van der Waals surface area contributed by atoms with Crippen molar-refractivity contribution in [1.82, 2.24) is 19.7 Å². The molecule has 5 rings (SSSR count). The number of nitrogens with zero attached hydrogens (tertiary/aromatic N) is 5. The van der Waals surface area contributed by atoms with E-state index in [1.165, 1.54) is 30.1 Å². The second-order valence-electron chi connectivity index (χ2n) is 10.2. The van der Waals surface area contributed by atoms with Gasteiger partial charge in [-0.2, -0.15) is 22.0 Å². The lowest BCUT2D eigenvalue weighted by molar-refractivity contribution is -0.149. The fraction of sp³-hybridized carbons (Fsp3) is 0.423. The molecule has 1 aromatic heterocycles. The van der Waals surface area contributed by atoms with Gasteiger partial charge in [0.1, 0.15) is 18.7 Å². The Bertz CT molecular complexity index is 1440. The fourth-order valence-corrected chi connectivity index (χ4v) is 5.13. The molecule has 0 N–H and O–H groups in total. The molecule has 0 radical (unpaired) electrons. The number of rotatable bonds is 6. The predicted octanol–water partition coefficient (Wildman–Crippen LogP) is 5.46. The van der Waals surface area contributed by atoms with E-state index in [9.17, 15) is 26.7 Å². The minimum absolute atomic E-state index is 0.0379. The van der Waals surface area contributed by atoms with Crippen molar-refractivity contribution in [2.24, 2.45) is 7.05 Å². The van der Waals surface area contributed by atoms with Gasteiger partial charge in [-0.25, -0.2) is 13.2 Å². The SMILES string of the molecule is Cn1cnnc1C(F)(F)[C@](C)(F)c1cccc(N2Cc3c(cc(CN4C[C@@H](F)[C@@H](F)C4)cc3C(F)(F)F)C2=O)c1. The van der Waals surface area contributed by atoms with E-state index in [0.29, 0.717) is 6.92 Å². The lowest BCUT2D eigenvalue weighted by Gasteiger charge is -2.30. The molecule has 2 aliphatic rings. The maximum atomic E-state index is 15.8. The molecule has 40 heavy (non-hydrogen) atoms. The van der Waals surface area contributed by atoms with Crippen LogP contribution < -0.4 is 4.90 Å². The van der Waals surface area contributed by atoms with Crippen molar-refractivity contribution in [1.29, 1.82) is 0 Å². The summed E-state index contributed by atoms with van der Waals surface area (Å²) in [5.74, 6) is -5.95. The lowest BCUT2D eigenvalue weighted by atomic mass is 9.90. The Hall–Kier alpha value is -3.55. The second-order valence-corrected chi connectivity index (χ2v) is 10.2. The van der Waals surface area contributed by atoms with Crippen LogP contribution in [0.3, 0.4) is 0 Å². The van der Waals surface area contributed by atoms with Crippen LogP contribution in [0.15, 0.2) is 42.7 Å². The van der Waals surface area contributed by atoms with Crippen molar-refractivity contribution in [2.75, 3.05) is 18.0 Å². The zero-order chi connectivity index (χ0) is 29.2. The Labute approximate surface area is 223 Å². The number of carbonyl (C=O) groups excluding carboxylic acids is 1. The lowest BCUT2D eigenvalue weighted by Crippen LogP contribution is -2.39. The van der Waals surface area contributed by atoms with Gasteiger partial charge in [0.15, 0.2) is 0 Å². The molecule has 214 valence electrons. The van der Waals surface area contributed by atoms with Gasteiger partial charge in [-0.05, 0) is 47.9 Å². The number of amides is 1. The molecule has 1 amide bonds. The van der Waals surface area contributed by atoms with Gasteiger partial charge in [0.25, 0.3) is 5.91 Å². The summed E-state index contributed by atoms with van der Waals surface area (Å²) in [7, 11) is 1.22. The Balaban J connectivity index is 1.49. The van der Waals surface area contributed by atoms with E-state index >= 15 is 13.2 Å². The van der Waals surface area contributed by atoms with Crippen LogP contribution in [-0.2, 0) is 37.9 Å². The number of halogens is 8. The first-order chi connectivity index (χ1) is 18.6. The average Bonchev–Trinajstić information content (AvgIpc) is 3.55. The molecule has 1 saturated heterocycles. The molecule has 0 spiro atoms. The van der Waals surface area contributed by atoms with Gasteiger partial charge in [-0.1, -0.05) is 12.1 Å². The van der Waals surface area contributed by atoms with Crippen molar-refractivity contribution < 1.29 is 39.9 Å². The fourth-order valence-electron chi connectivity index (χ4n) is 5.13. The molecule has 2 aliphatic heterocycles. The molecule has 0 bridgehead atoms. The monoisotopic (exact) mass is 573 g/mol. The first-order valence-electron chi connectivity index (χ1n) is 12.2. The number of aryl methyl sites for hydroxylation is 1. The van der Waals surface area contributed by atoms with E-state index in [1.807, 2.05) is 0 Å². The minimum Gasteiger partial charge on any atom is -0.316 e. The number of anilines is 1. The quantitative estimate of drug-likeness (QED) is 0.368. The molecule has 3 aromatic rings. The summed E-state index contributed by atoms with van der Waals surface area (Å²) in [6, 6.07) is 6.64. The minimum atomic E-state index is -4.86. The summed E-state index contributed by atoms with van der Waals surface area (Å²) in [5, 5.41) is 6.68. The van der Waals surface area contributed by atoms with E-state index in [-0.39, 0.29) is 42.0 Å². The molecule has 1 fully saturated rings. The third kappa shape index (κ3) is 4.61. The van der Waals surface area contributed by atoms with Crippen LogP contribution in [0.5, 0.6) is 0 Å². The topological polar surface area (TPSA) is 54.3 Å². The van der Waals surface area contributed by atoms with E-state index in [1.54, 1.807) is 0 Å². The van der Waals surface area contributed by atoms with E-state index < -0.39 is 59.5 Å². The van der Waals surface area contributed by atoms with Crippen molar-refractivity contribution in [3.63, 3.8) is 0 Å². The highest BCUT2D eigenvalue weighted by Crippen LogP contribution is 2.48. The van der Waals surface area contributed by atoms with Gasteiger partial charge >= 0.3 is 12.1 Å². The second kappa shape index (κ2) is 9.53. The molecular formula is C26H23F8N5O. The van der Waals surface area contributed by atoms with Crippen LogP contribution in [0.1, 0.15) is 45.4 Å².